The van der Waals surface area contributed by atoms with Gasteiger partial charge in [-0.25, -0.2) is 0 Å². The molecule has 0 unspecified atom stereocenters. The molecule has 0 nitrogen and oxygen atoms in total. The molecule has 0 amide bonds. The summed E-state index contributed by atoms with van der Waals surface area (Å²) in [7, 11) is 0. The average Bonchev–Trinajstić information content (AvgIpc) is 2.27. The number of thiol groups is 1. The molecule has 0 atom stereocenters. The summed E-state index contributed by atoms with van der Waals surface area (Å²) in [6.45, 7) is 16.0. The van der Waals surface area contributed by atoms with Gasteiger partial charge < -0.3 is 0 Å². The highest BCUT2D eigenvalue weighted by atomic mass is 32.1. The minimum absolute atomic E-state index is 0.198. The van der Waals surface area contributed by atoms with Crippen molar-refractivity contribution >= 4 is 12.6 Å². The summed E-state index contributed by atoms with van der Waals surface area (Å²) in [6, 6.07) is 4.74. The van der Waals surface area contributed by atoms with Gasteiger partial charge in [0.05, 0.1) is 0 Å². The first-order valence-corrected chi connectivity index (χ1v) is 7.52. The molecule has 0 fully saturated rings. The van der Waals surface area contributed by atoms with Gasteiger partial charge in [-0.2, -0.15) is 12.6 Å². The van der Waals surface area contributed by atoms with E-state index in [1.807, 2.05) is 0 Å². The number of rotatable bonds is 3. The lowest BCUT2D eigenvalue weighted by atomic mass is 9.75. The maximum Gasteiger partial charge on any atom is 0.0157 e. The molecule has 0 spiro atoms. The van der Waals surface area contributed by atoms with E-state index in [0.717, 1.165) is 12.2 Å². The molecule has 18 heavy (non-hydrogen) atoms. The first-order chi connectivity index (χ1) is 8.13. The Balaban J connectivity index is 3.51. The van der Waals surface area contributed by atoms with E-state index in [9.17, 15) is 0 Å². The molecule has 102 valence electrons. The van der Waals surface area contributed by atoms with Crippen molar-refractivity contribution in [1.29, 1.82) is 0 Å². The van der Waals surface area contributed by atoms with Gasteiger partial charge in [-0.05, 0) is 46.4 Å². The third-order valence-electron chi connectivity index (χ3n) is 4.16. The van der Waals surface area contributed by atoms with Gasteiger partial charge in [0.1, 0.15) is 0 Å². The van der Waals surface area contributed by atoms with Crippen molar-refractivity contribution in [1.82, 2.24) is 0 Å². The topological polar surface area (TPSA) is 0 Å². The first-order valence-electron chi connectivity index (χ1n) is 6.89. The van der Waals surface area contributed by atoms with Crippen molar-refractivity contribution in [3.05, 3.63) is 34.4 Å². The summed E-state index contributed by atoms with van der Waals surface area (Å²) >= 11 is 4.50. The number of hydrogen-bond acceptors (Lipinski definition) is 1. The molecule has 0 N–H and O–H groups in total. The van der Waals surface area contributed by atoms with E-state index in [1.165, 1.54) is 22.3 Å². The zero-order valence-electron chi connectivity index (χ0n) is 13.0. The molecule has 0 aromatic heterocycles. The Kier molecular flexibility index (Phi) is 4.59. The Labute approximate surface area is 119 Å². The van der Waals surface area contributed by atoms with Crippen LogP contribution in [0, 0.1) is 6.92 Å². The van der Waals surface area contributed by atoms with E-state index in [1.54, 1.807) is 0 Å². The van der Waals surface area contributed by atoms with E-state index in [2.05, 4.69) is 73.2 Å². The smallest absolute Gasteiger partial charge is 0.0157 e. The summed E-state index contributed by atoms with van der Waals surface area (Å²) < 4.78 is 0. The fourth-order valence-electron chi connectivity index (χ4n) is 2.27. The van der Waals surface area contributed by atoms with Gasteiger partial charge in [0.15, 0.2) is 0 Å². The number of hydrogen-bond donors (Lipinski definition) is 1. The van der Waals surface area contributed by atoms with Crippen LogP contribution in [-0.4, -0.2) is 0 Å². The van der Waals surface area contributed by atoms with Gasteiger partial charge >= 0.3 is 0 Å². The third kappa shape index (κ3) is 3.12. The van der Waals surface area contributed by atoms with Crippen LogP contribution in [0.25, 0.3) is 0 Å². The molecule has 1 aromatic rings. The minimum Gasteiger partial charge on any atom is -0.175 e. The Morgan fingerprint density at radius 1 is 1.06 bits per heavy atom. The van der Waals surface area contributed by atoms with Crippen molar-refractivity contribution in [2.45, 2.75) is 71.5 Å². The Bertz CT molecular complexity index is 422. The Hall–Kier alpha value is -0.430. The van der Waals surface area contributed by atoms with Crippen LogP contribution in [0.1, 0.15) is 70.2 Å². The largest absolute Gasteiger partial charge is 0.175 e. The van der Waals surface area contributed by atoms with Crippen molar-refractivity contribution < 1.29 is 0 Å². The predicted molar refractivity (Wildman–Crippen MR) is 85.9 cm³/mol. The van der Waals surface area contributed by atoms with E-state index in [0.29, 0.717) is 0 Å². The molecule has 0 bridgehead atoms. The molecule has 1 heteroatoms. The summed E-state index contributed by atoms with van der Waals surface area (Å²) in [5.41, 5.74) is 6.15. The molecule has 0 saturated heterocycles. The van der Waals surface area contributed by atoms with Crippen molar-refractivity contribution in [2.75, 3.05) is 0 Å². The van der Waals surface area contributed by atoms with E-state index in [4.69, 9.17) is 0 Å². The van der Waals surface area contributed by atoms with Gasteiger partial charge in [0.2, 0.25) is 0 Å². The van der Waals surface area contributed by atoms with Crippen molar-refractivity contribution in [2.24, 2.45) is 0 Å². The van der Waals surface area contributed by atoms with E-state index in [-0.39, 0.29) is 10.8 Å². The molecule has 0 aliphatic carbocycles. The second kappa shape index (κ2) is 5.28. The SMILES string of the molecule is CCC(C)(C)c1cc(C(C)(C)C)cc(CS)c1C. The van der Waals surface area contributed by atoms with Crippen LogP contribution in [0.2, 0.25) is 0 Å². The highest BCUT2D eigenvalue weighted by molar-refractivity contribution is 7.79. The van der Waals surface area contributed by atoms with Crippen LogP contribution in [-0.2, 0) is 16.6 Å². The van der Waals surface area contributed by atoms with Crippen LogP contribution in [0.4, 0.5) is 0 Å². The van der Waals surface area contributed by atoms with Crippen LogP contribution in [0.3, 0.4) is 0 Å². The normalized spacial score (nSPS) is 12.9. The summed E-state index contributed by atoms with van der Waals surface area (Å²) in [6.07, 6.45) is 1.16. The lowest BCUT2D eigenvalue weighted by Crippen LogP contribution is -2.21. The van der Waals surface area contributed by atoms with Crippen LogP contribution in [0.15, 0.2) is 12.1 Å². The molecule has 0 radical (unpaired) electrons. The first kappa shape index (κ1) is 15.6. The predicted octanol–water partition coefficient (Wildman–Crippen LogP) is 5.41. The second-order valence-electron chi connectivity index (χ2n) is 6.95. The van der Waals surface area contributed by atoms with Gasteiger partial charge in [-0.15, -0.1) is 0 Å². The average molecular weight is 264 g/mol. The molecule has 0 aliphatic rings. The van der Waals surface area contributed by atoms with Gasteiger partial charge in [0.25, 0.3) is 0 Å². The molecule has 1 rings (SSSR count). The summed E-state index contributed by atoms with van der Waals surface area (Å²) in [5, 5.41) is 0. The van der Waals surface area contributed by atoms with Gasteiger partial charge in [0, 0.05) is 5.75 Å². The quantitative estimate of drug-likeness (QED) is 0.693. The molecule has 0 saturated carbocycles. The molecule has 0 aliphatic heterocycles. The standard InChI is InChI=1S/C17H28S/c1-8-17(6,7)15-10-14(16(3,4)5)9-13(11-18)12(15)2/h9-10,18H,8,11H2,1-7H3. The zero-order valence-corrected chi connectivity index (χ0v) is 13.9. The van der Waals surface area contributed by atoms with Crippen LogP contribution in [0.5, 0.6) is 0 Å². The highest BCUT2D eigenvalue weighted by Gasteiger charge is 2.24. The molecule has 0 heterocycles. The second-order valence-corrected chi connectivity index (χ2v) is 7.27. The maximum absolute atomic E-state index is 4.50. The third-order valence-corrected chi connectivity index (χ3v) is 4.51. The Morgan fingerprint density at radius 2 is 1.61 bits per heavy atom. The number of benzene rings is 1. The monoisotopic (exact) mass is 264 g/mol. The summed E-state index contributed by atoms with van der Waals surface area (Å²) in [4.78, 5) is 0. The highest BCUT2D eigenvalue weighted by Crippen LogP contribution is 2.35. The van der Waals surface area contributed by atoms with Gasteiger partial charge in [-0.1, -0.05) is 53.7 Å². The zero-order chi connectivity index (χ0) is 14.1. The molecule has 1 aromatic carbocycles. The van der Waals surface area contributed by atoms with E-state index < -0.39 is 0 Å². The lowest BCUT2D eigenvalue weighted by Gasteiger charge is -2.30. The fraction of sp³-hybridized carbons (Fsp3) is 0.647. The van der Waals surface area contributed by atoms with Crippen molar-refractivity contribution in [3.8, 4) is 0 Å². The van der Waals surface area contributed by atoms with Gasteiger partial charge in [-0.3, -0.25) is 0 Å². The van der Waals surface area contributed by atoms with E-state index >= 15 is 0 Å². The van der Waals surface area contributed by atoms with Crippen LogP contribution >= 0.6 is 12.6 Å². The fourth-order valence-corrected chi connectivity index (χ4v) is 2.59. The Morgan fingerprint density at radius 3 is 2.00 bits per heavy atom. The minimum atomic E-state index is 0.198. The maximum atomic E-state index is 4.50. The summed E-state index contributed by atoms with van der Waals surface area (Å²) in [5.74, 6) is 0.822. The van der Waals surface area contributed by atoms with Crippen LogP contribution < -0.4 is 0 Å². The molecular formula is C17H28S. The molecular weight excluding hydrogens is 236 g/mol. The van der Waals surface area contributed by atoms with Crippen molar-refractivity contribution in [3.63, 3.8) is 0 Å². The lowest BCUT2D eigenvalue weighted by molar-refractivity contribution is 0.498.